The zero-order chi connectivity index (χ0) is 14.4. The number of anilines is 2. The Kier molecular flexibility index (Phi) is 5.05. The van der Waals surface area contributed by atoms with Crippen LogP contribution in [0.4, 0.5) is 11.4 Å². The molecule has 0 heterocycles. The highest BCUT2D eigenvalue weighted by Crippen LogP contribution is 2.18. The first kappa shape index (κ1) is 14.4. The van der Waals surface area contributed by atoms with E-state index >= 15 is 0 Å². The Balaban J connectivity index is 1.99. The molecule has 2 heteroatoms. The quantitative estimate of drug-likeness (QED) is 0.832. The second-order valence-electron chi connectivity index (χ2n) is 5.00. The highest BCUT2D eigenvalue weighted by atomic mass is 15.1. The zero-order valence-corrected chi connectivity index (χ0v) is 12.7. The molecule has 0 aliphatic rings. The van der Waals surface area contributed by atoms with Crippen LogP contribution in [0.5, 0.6) is 0 Å². The summed E-state index contributed by atoms with van der Waals surface area (Å²) in [6.45, 7) is 9.50. The Bertz CT molecular complexity index is 527. The molecule has 0 aliphatic heterocycles. The van der Waals surface area contributed by atoms with Gasteiger partial charge in [0.15, 0.2) is 0 Å². The van der Waals surface area contributed by atoms with Gasteiger partial charge in [0.1, 0.15) is 0 Å². The third-order valence-electron chi connectivity index (χ3n) is 3.74. The highest BCUT2D eigenvalue weighted by Gasteiger charge is 2.01. The van der Waals surface area contributed by atoms with Crippen LogP contribution in [0.15, 0.2) is 48.5 Å². The largest absolute Gasteiger partial charge is 0.381 e. The van der Waals surface area contributed by atoms with Crippen molar-refractivity contribution >= 4 is 11.4 Å². The van der Waals surface area contributed by atoms with E-state index in [1.54, 1.807) is 0 Å². The fourth-order valence-electron chi connectivity index (χ4n) is 2.38. The molecule has 2 rings (SSSR count). The van der Waals surface area contributed by atoms with Crippen LogP contribution in [0.2, 0.25) is 0 Å². The van der Waals surface area contributed by atoms with Gasteiger partial charge in [-0.15, -0.1) is 0 Å². The molecule has 0 bridgehead atoms. The number of rotatable bonds is 6. The van der Waals surface area contributed by atoms with Gasteiger partial charge in [0, 0.05) is 31.0 Å². The summed E-state index contributed by atoms with van der Waals surface area (Å²) in [5.41, 5.74) is 5.14. The number of benzene rings is 2. The number of aryl methyl sites for hydroxylation is 1. The van der Waals surface area contributed by atoms with Crippen LogP contribution in [-0.4, -0.2) is 13.1 Å². The first-order valence-corrected chi connectivity index (χ1v) is 7.38. The van der Waals surface area contributed by atoms with E-state index in [-0.39, 0.29) is 0 Å². The first-order chi connectivity index (χ1) is 9.74. The Morgan fingerprint density at radius 3 is 2.15 bits per heavy atom. The van der Waals surface area contributed by atoms with Crippen molar-refractivity contribution in [3.8, 4) is 0 Å². The maximum Gasteiger partial charge on any atom is 0.0403 e. The van der Waals surface area contributed by atoms with Crippen LogP contribution in [0.3, 0.4) is 0 Å². The molecule has 0 saturated carbocycles. The summed E-state index contributed by atoms with van der Waals surface area (Å²) in [5.74, 6) is 0. The van der Waals surface area contributed by atoms with Gasteiger partial charge in [0.2, 0.25) is 0 Å². The van der Waals surface area contributed by atoms with Crippen LogP contribution in [-0.2, 0) is 6.54 Å². The van der Waals surface area contributed by atoms with Crippen LogP contribution >= 0.6 is 0 Å². The molecule has 0 fully saturated rings. The summed E-state index contributed by atoms with van der Waals surface area (Å²) >= 11 is 0. The maximum absolute atomic E-state index is 3.49. The van der Waals surface area contributed by atoms with Crippen molar-refractivity contribution in [3.05, 3.63) is 59.7 Å². The summed E-state index contributed by atoms with van der Waals surface area (Å²) < 4.78 is 0. The van der Waals surface area contributed by atoms with Gasteiger partial charge in [-0.2, -0.15) is 0 Å². The lowest BCUT2D eigenvalue weighted by Gasteiger charge is -2.21. The Morgan fingerprint density at radius 1 is 0.900 bits per heavy atom. The standard InChI is InChI=1S/C18H24N2/c1-4-20(5-2)18-12-10-17(11-13-18)19-14-16-9-7-6-8-15(16)3/h6-13,19H,4-5,14H2,1-3H3. The smallest absolute Gasteiger partial charge is 0.0403 e. The van der Waals surface area contributed by atoms with E-state index in [9.17, 15) is 0 Å². The Hall–Kier alpha value is -1.96. The first-order valence-electron chi connectivity index (χ1n) is 7.38. The molecule has 2 nitrogen and oxygen atoms in total. The topological polar surface area (TPSA) is 15.3 Å². The van der Waals surface area contributed by atoms with Gasteiger partial charge in [-0.05, 0) is 56.2 Å². The van der Waals surface area contributed by atoms with E-state index in [1.165, 1.54) is 22.5 Å². The Labute approximate surface area is 122 Å². The second-order valence-corrected chi connectivity index (χ2v) is 5.00. The fourth-order valence-corrected chi connectivity index (χ4v) is 2.38. The van der Waals surface area contributed by atoms with Crippen molar-refractivity contribution in [2.24, 2.45) is 0 Å². The van der Waals surface area contributed by atoms with Crippen LogP contribution in [0, 0.1) is 6.92 Å². The van der Waals surface area contributed by atoms with Crippen molar-refractivity contribution in [2.75, 3.05) is 23.3 Å². The maximum atomic E-state index is 3.49. The molecule has 0 atom stereocenters. The van der Waals surface area contributed by atoms with Crippen LogP contribution in [0.25, 0.3) is 0 Å². The van der Waals surface area contributed by atoms with E-state index in [2.05, 4.69) is 79.5 Å². The number of nitrogens with zero attached hydrogens (tertiary/aromatic N) is 1. The summed E-state index contributed by atoms with van der Waals surface area (Å²) in [6.07, 6.45) is 0. The van der Waals surface area contributed by atoms with Gasteiger partial charge in [-0.25, -0.2) is 0 Å². The molecule has 1 N–H and O–H groups in total. The molecule has 2 aromatic carbocycles. The molecule has 0 aromatic heterocycles. The molecule has 0 radical (unpaired) electrons. The molecule has 0 saturated heterocycles. The minimum atomic E-state index is 0.872. The van der Waals surface area contributed by atoms with E-state index < -0.39 is 0 Å². The second kappa shape index (κ2) is 6.99. The lowest BCUT2D eigenvalue weighted by molar-refractivity contribution is 0.866. The summed E-state index contributed by atoms with van der Waals surface area (Å²) in [5, 5.41) is 3.49. The van der Waals surface area contributed by atoms with Crippen molar-refractivity contribution in [1.82, 2.24) is 0 Å². The molecule has 2 aromatic rings. The average molecular weight is 268 g/mol. The van der Waals surface area contributed by atoms with E-state index in [4.69, 9.17) is 0 Å². The summed E-state index contributed by atoms with van der Waals surface area (Å²) in [7, 11) is 0. The molecule has 0 unspecified atom stereocenters. The van der Waals surface area contributed by atoms with E-state index in [0.717, 1.165) is 19.6 Å². The third kappa shape index (κ3) is 3.53. The normalized spacial score (nSPS) is 10.3. The lowest BCUT2D eigenvalue weighted by atomic mass is 10.1. The summed E-state index contributed by atoms with van der Waals surface area (Å²) in [6, 6.07) is 17.2. The number of nitrogens with one attached hydrogen (secondary N) is 1. The minimum Gasteiger partial charge on any atom is -0.381 e. The van der Waals surface area contributed by atoms with Gasteiger partial charge < -0.3 is 10.2 Å². The van der Waals surface area contributed by atoms with Crippen molar-refractivity contribution in [2.45, 2.75) is 27.3 Å². The predicted molar refractivity (Wildman–Crippen MR) is 88.5 cm³/mol. The van der Waals surface area contributed by atoms with Gasteiger partial charge in [-0.1, -0.05) is 24.3 Å². The molecular weight excluding hydrogens is 244 g/mol. The number of hydrogen-bond donors (Lipinski definition) is 1. The average Bonchev–Trinajstić information content (AvgIpc) is 2.49. The SMILES string of the molecule is CCN(CC)c1ccc(NCc2ccccc2C)cc1. The van der Waals surface area contributed by atoms with E-state index in [0.29, 0.717) is 0 Å². The van der Waals surface area contributed by atoms with Crippen molar-refractivity contribution in [3.63, 3.8) is 0 Å². The van der Waals surface area contributed by atoms with E-state index in [1.807, 2.05) is 0 Å². The molecule has 0 spiro atoms. The lowest BCUT2D eigenvalue weighted by Crippen LogP contribution is -2.21. The zero-order valence-electron chi connectivity index (χ0n) is 12.7. The molecule has 0 aliphatic carbocycles. The molecule has 0 amide bonds. The van der Waals surface area contributed by atoms with Gasteiger partial charge in [-0.3, -0.25) is 0 Å². The number of hydrogen-bond acceptors (Lipinski definition) is 2. The predicted octanol–water partition coefficient (Wildman–Crippen LogP) is 4.45. The van der Waals surface area contributed by atoms with Crippen molar-refractivity contribution < 1.29 is 0 Å². The van der Waals surface area contributed by atoms with Crippen LogP contribution in [0.1, 0.15) is 25.0 Å². The fraction of sp³-hybridized carbons (Fsp3) is 0.333. The van der Waals surface area contributed by atoms with Gasteiger partial charge >= 0.3 is 0 Å². The highest BCUT2D eigenvalue weighted by molar-refractivity contribution is 5.55. The third-order valence-corrected chi connectivity index (χ3v) is 3.74. The minimum absolute atomic E-state index is 0.872. The van der Waals surface area contributed by atoms with Gasteiger partial charge in [0.05, 0.1) is 0 Å². The van der Waals surface area contributed by atoms with Crippen LogP contribution < -0.4 is 10.2 Å². The monoisotopic (exact) mass is 268 g/mol. The van der Waals surface area contributed by atoms with Gasteiger partial charge in [0.25, 0.3) is 0 Å². The molecule has 106 valence electrons. The van der Waals surface area contributed by atoms with Crippen molar-refractivity contribution in [1.29, 1.82) is 0 Å². The molecule has 20 heavy (non-hydrogen) atoms. The summed E-state index contributed by atoms with van der Waals surface area (Å²) in [4.78, 5) is 2.35. The molecular formula is C18H24N2. The Morgan fingerprint density at radius 2 is 1.55 bits per heavy atom.